The number of hydrogen-bond acceptors (Lipinski definition) is 4. The van der Waals surface area contributed by atoms with E-state index in [1.54, 1.807) is 0 Å². The Balaban J connectivity index is 3.56. The van der Waals surface area contributed by atoms with Crippen molar-refractivity contribution in [2.45, 2.75) is 77.2 Å². The fourth-order valence-electron chi connectivity index (χ4n) is 1.89. The van der Waals surface area contributed by atoms with Crippen LogP contribution >= 0.6 is 0 Å². The number of rotatable bonds is 15. The van der Waals surface area contributed by atoms with E-state index in [1.165, 1.54) is 0 Å². The molecule has 1 unspecified atom stereocenters. The van der Waals surface area contributed by atoms with Crippen molar-refractivity contribution < 1.29 is 29.6 Å². The smallest absolute Gasteiger partial charge is 0.336 e. The SMILES string of the molecule is CCCCCOOC(CCCCCCCC(=O)O)C(=O)O. The first-order valence-corrected chi connectivity index (χ1v) is 7.80. The highest BCUT2D eigenvalue weighted by Crippen LogP contribution is 2.11. The Morgan fingerprint density at radius 1 is 0.952 bits per heavy atom. The van der Waals surface area contributed by atoms with Crippen LogP contribution in [0.5, 0.6) is 0 Å². The Morgan fingerprint density at radius 2 is 1.62 bits per heavy atom. The van der Waals surface area contributed by atoms with E-state index in [4.69, 9.17) is 20.0 Å². The first kappa shape index (κ1) is 19.9. The van der Waals surface area contributed by atoms with Gasteiger partial charge in [0.15, 0.2) is 6.10 Å². The molecule has 1 atom stereocenters. The van der Waals surface area contributed by atoms with E-state index in [-0.39, 0.29) is 6.42 Å². The standard InChI is InChI=1S/C15H28O6/c1-2-3-9-12-20-21-13(15(18)19)10-7-5-4-6-8-11-14(16)17/h13H,2-12H2,1H3,(H,16,17)(H,18,19). The van der Waals surface area contributed by atoms with Gasteiger partial charge >= 0.3 is 11.9 Å². The van der Waals surface area contributed by atoms with Crippen molar-refractivity contribution in [1.82, 2.24) is 0 Å². The summed E-state index contributed by atoms with van der Waals surface area (Å²) in [6.45, 7) is 2.50. The Bertz CT molecular complexity index is 279. The van der Waals surface area contributed by atoms with Gasteiger partial charge in [0.05, 0.1) is 6.61 Å². The van der Waals surface area contributed by atoms with Gasteiger partial charge in [-0.3, -0.25) is 4.79 Å². The van der Waals surface area contributed by atoms with Crippen molar-refractivity contribution in [2.75, 3.05) is 6.61 Å². The van der Waals surface area contributed by atoms with Crippen LogP contribution in [0, 0.1) is 0 Å². The lowest BCUT2D eigenvalue weighted by atomic mass is 10.1. The van der Waals surface area contributed by atoms with Crippen molar-refractivity contribution >= 4 is 11.9 Å². The Morgan fingerprint density at radius 3 is 2.24 bits per heavy atom. The van der Waals surface area contributed by atoms with Crippen LogP contribution in [-0.4, -0.2) is 34.9 Å². The molecule has 21 heavy (non-hydrogen) atoms. The van der Waals surface area contributed by atoms with Crippen LogP contribution < -0.4 is 0 Å². The molecule has 0 aliphatic carbocycles. The lowest BCUT2D eigenvalue weighted by Crippen LogP contribution is -2.24. The van der Waals surface area contributed by atoms with Crippen molar-refractivity contribution in [2.24, 2.45) is 0 Å². The molecule has 0 spiro atoms. The highest BCUT2D eigenvalue weighted by Gasteiger charge is 2.18. The van der Waals surface area contributed by atoms with Crippen LogP contribution in [0.3, 0.4) is 0 Å². The molecule has 0 bridgehead atoms. The van der Waals surface area contributed by atoms with Crippen molar-refractivity contribution in [1.29, 1.82) is 0 Å². The van der Waals surface area contributed by atoms with E-state index in [2.05, 4.69) is 6.92 Å². The molecule has 0 fully saturated rings. The molecule has 0 heterocycles. The largest absolute Gasteiger partial charge is 0.481 e. The van der Waals surface area contributed by atoms with Gasteiger partial charge in [0.25, 0.3) is 0 Å². The number of carboxylic acids is 2. The maximum Gasteiger partial charge on any atom is 0.336 e. The Hall–Kier alpha value is -1.14. The van der Waals surface area contributed by atoms with Gasteiger partial charge < -0.3 is 10.2 Å². The van der Waals surface area contributed by atoms with E-state index in [0.29, 0.717) is 19.4 Å². The molecule has 6 heteroatoms. The number of aliphatic carboxylic acids is 2. The van der Waals surface area contributed by atoms with E-state index < -0.39 is 18.0 Å². The fourth-order valence-corrected chi connectivity index (χ4v) is 1.89. The minimum atomic E-state index is -1.00. The van der Waals surface area contributed by atoms with Gasteiger partial charge in [0, 0.05) is 6.42 Å². The third kappa shape index (κ3) is 13.6. The molecule has 2 N–H and O–H groups in total. The highest BCUT2D eigenvalue weighted by molar-refractivity contribution is 5.72. The summed E-state index contributed by atoms with van der Waals surface area (Å²) in [5.41, 5.74) is 0. The summed E-state index contributed by atoms with van der Waals surface area (Å²) in [6, 6.07) is 0. The maximum absolute atomic E-state index is 11.0. The lowest BCUT2D eigenvalue weighted by molar-refractivity contribution is -0.321. The number of unbranched alkanes of at least 4 members (excludes halogenated alkanes) is 6. The van der Waals surface area contributed by atoms with E-state index in [0.717, 1.165) is 44.9 Å². The monoisotopic (exact) mass is 304 g/mol. The van der Waals surface area contributed by atoms with Crippen molar-refractivity contribution in [3.05, 3.63) is 0 Å². The average molecular weight is 304 g/mol. The van der Waals surface area contributed by atoms with Gasteiger partial charge in [-0.05, 0) is 19.3 Å². The molecule has 124 valence electrons. The Kier molecular flexibility index (Phi) is 13.1. The summed E-state index contributed by atoms with van der Waals surface area (Å²) in [5, 5.41) is 17.5. The summed E-state index contributed by atoms with van der Waals surface area (Å²) in [4.78, 5) is 31.2. The zero-order valence-corrected chi connectivity index (χ0v) is 12.9. The molecule has 0 aliphatic rings. The second-order valence-electron chi connectivity index (χ2n) is 5.15. The maximum atomic E-state index is 11.0. The summed E-state index contributed by atoms with van der Waals surface area (Å²) >= 11 is 0. The predicted molar refractivity (Wildman–Crippen MR) is 77.9 cm³/mol. The molecule has 0 aliphatic heterocycles. The lowest BCUT2D eigenvalue weighted by Gasteiger charge is -2.12. The summed E-state index contributed by atoms with van der Waals surface area (Å²) in [5.74, 6) is -1.77. The second kappa shape index (κ2) is 13.8. The summed E-state index contributed by atoms with van der Waals surface area (Å²) in [7, 11) is 0. The minimum Gasteiger partial charge on any atom is -0.481 e. The Labute approximate surface area is 126 Å². The molecule has 0 aromatic carbocycles. The van der Waals surface area contributed by atoms with E-state index >= 15 is 0 Å². The first-order chi connectivity index (χ1) is 10.1. The molecule has 6 nitrogen and oxygen atoms in total. The number of carbonyl (C=O) groups is 2. The zero-order chi connectivity index (χ0) is 15.9. The van der Waals surface area contributed by atoms with Crippen LogP contribution in [0.1, 0.15) is 71.1 Å². The van der Waals surface area contributed by atoms with Crippen molar-refractivity contribution in [3.8, 4) is 0 Å². The van der Waals surface area contributed by atoms with Crippen molar-refractivity contribution in [3.63, 3.8) is 0 Å². The van der Waals surface area contributed by atoms with Gasteiger partial charge in [-0.25, -0.2) is 14.6 Å². The number of carboxylic acid groups (broad SMARTS) is 2. The molecule has 0 rings (SSSR count). The molecular weight excluding hydrogens is 276 g/mol. The molecule has 0 saturated heterocycles. The van der Waals surface area contributed by atoms with Gasteiger partial charge in [-0.15, -0.1) is 0 Å². The normalized spacial score (nSPS) is 12.2. The van der Waals surface area contributed by atoms with E-state index in [1.807, 2.05) is 0 Å². The summed E-state index contributed by atoms with van der Waals surface area (Å²) in [6.07, 6.45) is 6.76. The quantitative estimate of drug-likeness (QED) is 0.274. The van der Waals surface area contributed by atoms with Gasteiger partial charge in [0.2, 0.25) is 0 Å². The van der Waals surface area contributed by atoms with Gasteiger partial charge in [0.1, 0.15) is 0 Å². The molecule has 0 radical (unpaired) electrons. The van der Waals surface area contributed by atoms with Crippen LogP contribution in [0.25, 0.3) is 0 Å². The zero-order valence-electron chi connectivity index (χ0n) is 12.9. The third-order valence-electron chi connectivity index (χ3n) is 3.15. The van der Waals surface area contributed by atoms with Crippen LogP contribution in [0.4, 0.5) is 0 Å². The van der Waals surface area contributed by atoms with Crippen LogP contribution in [0.15, 0.2) is 0 Å². The molecule has 0 aromatic heterocycles. The van der Waals surface area contributed by atoms with Gasteiger partial charge in [-0.2, -0.15) is 0 Å². The molecule has 0 aromatic rings. The number of hydrogen-bond donors (Lipinski definition) is 2. The molecule has 0 saturated carbocycles. The van der Waals surface area contributed by atoms with E-state index in [9.17, 15) is 9.59 Å². The summed E-state index contributed by atoms with van der Waals surface area (Å²) < 4.78 is 0. The molecular formula is C15H28O6. The topological polar surface area (TPSA) is 93.1 Å². The highest BCUT2D eigenvalue weighted by atomic mass is 17.2. The second-order valence-corrected chi connectivity index (χ2v) is 5.15. The molecule has 0 amide bonds. The van der Waals surface area contributed by atoms with Gasteiger partial charge in [-0.1, -0.05) is 45.4 Å². The fraction of sp³-hybridized carbons (Fsp3) is 0.867. The third-order valence-corrected chi connectivity index (χ3v) is 3.15. The first-order valence-electron chi connectivity index (χ1n) is 7.80. The van der Waals surface area contributed by atoms with Crippen LogP contribution in [-0.2, 0) is 19.4 Å². The average Bonchev–Trinajstić information content (AvgIpc) is 2.43. The van der Waals surface area contributed by atoms with Crippen LogP contribution in [0.2, 0.25) is 0 Å². The predicted octanol–water partition coefficient (Wildman–Crippen LogP) is 3.39. The minimum absolute atomic E-state index is 0.201.